The number of carbonyl (C=O) groups excluding carboxylic acids is 1. The van der Waals surface area contributed by atoms with Crippen LogP contribution in [0.2, 0.25) is 0 Å². The number of ether oxygens (including phenoxy) is 3. The standard InChI is InChI=1S/C27H30N4O4S/c1-5-11-28-27-31(22(17-36-27)20-7-9-23-21(14-20)30-26(32)16-35-23)29-15-19-6-8-24(25(13-19)33-4)34-12-10-18(2)3/h5-9,13-15,17-18H,1,10-12,16H2,2-4H3,(H,30,32). The van der Waals surface area contributed by atoms with Crippen LogP contribution in [-0.2, 0) is 4.79 Å². The first-order valence-corrected chi connectivity index (χ1v) is 12.6. The first-order valence-electron chi connectivity index (χ1n) is 11.7. The van der Waals surface area contributed by atoms with Crippen molar-refractivity contribution in [3.63, 3.8) is 0 Å². The Morgan fingerprint density at radius 3 is 2.89 bits per heavy atom. The van der Waals surface area contributed by atoms with Crippen molar-refractivity contribution < 1.29 is 19.0 Å². The number of hydrogen-bond donors (Lipinski definition) is 1. The van der Waals surface area contributed by atoms with E-state index in [2.05, 4.69) is 30.7 Å². The molecule has 1 amide bonds. The number of aromatic nitrogens is 1. The second kappa shape index (κ2) is 11.7. The summed E-state index contributed by atoms with van der Waals surface area (Å²) in [7, 11) is 1.63. The zero-order chi connectivity index (χ0) is 25.5. The van der Waals surface area contributed by atoms with Gasteiger partial charge in [0.25, 0.3) is 5.91 Å². The van der Waals surface area contributed by atoms with Crippen LogP contribution in [-0.4, -0.2) is 43.7 Å². The minimum atomic E-state index is -0.178. The molecule has 4 rings (SSSR count). The van der Waals surface area contributed by atoms with Crippen molar-refractivity contribution in [3.8, 4) is 28.5 Å². The molecule has 0 fully saturated rings. The van der Waals surface area contributed by atoms with Gasteiger partial charge in [0.15, 0.2) is 18.1 Å². The Morgan fingerprint density at radius 1 is 1.25 bits per heavy atom. The summed E-state index contributed by atoms with van der Waals surface area (Å²) in [5.74, 6) is 2.39. The molecule has 2 aromatic carbocycles. The van der Waals surface area contributed by atoms with Crippen LogP contribution in [0.25, 0.3) is 11.3 Å². The maximum Gasteiger partial charge on any atom is 0.262 e. The van der Waals surface area contributed by atoms with Gasteiger partial charge in [-0.15, -0.1) is 17.9 Å². The molecule has 36 heavy (non-hydrogen) atoms. The molecule has 9 heteroatoms. The molecule has 1 N–H and O–H groups in total. The molecule has 1 aromatic heterocycles. The largest absolute Gasteiger partial charge is 0.493 e. The molecule has 1 aliphatic heterocycles. The number of methoxy groups -OCH3 is 1. The topological polar surface area (TPSA) is 86.4 Å². The van der Waals surface area contributed by atoms with E-state index >= 15 is 0 Å². The van der Waals surface area contributed by atoms with Gasteiger partial charge in [0, 0.05) is 10.9 Å². The Bertz CT molecular complexity index is 1340. The fraction of sp³-hybridized carbons (Fsp3) is 0.296. The van der Waals surface area contributed by atoms with E-state index in [1.165, 1.54) is 11.3 Å². The van der Waals surface area contributed by atoms with Crippen LogP contribution in [0, 0.1) is 5.92 Å². The quantitative estimate of drug-likeness (QED) is 0.311. The third kappa shape index (κ3) is 6.04. The molecule has 8 nitrogen and oxygen atoms in total. The minimum absolute atomic E-state index is 0.0185. The summed E-state index contributed by atoms with van der Waals surface area (Å²) < 4.78 is 18.7. The Morgan fingerprint density at radius 2 is 2.11 bits per heavy atom. The van der Waals surface area contributed by atoms with Crippen molar-refractivity contribution in [1.82, 2.24) is 4.68 Å². The maximum absolute atomic E-state index is 11.8. The number of nitrogens with zero attached hydrogens (tertiary/aromatic N) is 3. The van der Waals surface area contributed by atoms with E-state index in [0.717, 1.165) is 28.0 Å². The van der Waals surface area contributed by atoms with Crippen LogP contribution in [0.15, 0.2) is 64.5 Å². The van der Waals surface area contributed by atoms with Gasteiger partial charge in [-0.25, -0.2) is 4.68 Å². The summed E-state index contributed by atoms with van der Waals surface area (Å²) >= 11 is 1.48. The molecule has 1 aliphatic rings. The van der Waals surface area contributed by atoms with Crippen molar-refractivity contribution >= 4 is 29.1 Å². The normalized spacial score (nSPS) is 13.4. The fourth-order valence-electron chi connectivity index (χ4n) is 3.52. The first-order chi connectivity index (χ1) is 17.5. The monoisotopic (exact) mass is 506 g/mol. The molecule has 2 heterocycles. The van der Waals surface area contributed by atoms with Crippen molar-refractivity contribution in [2.24, 2.45) is 16.0 Å². The SMILES string of the molecule is C=CCN=c1scc(-c2ccc3c(c2)NC(=O)CO3)n1N=Cc1ccc(OCCC(C)C)c(OC)c1. The van der Waals surface area contributed by atoms with Gasteiger partial charge in [-0.05, 0) is 54.3 Å². The van der Waals surface area contributed by atoms with E-state index in [4.69, 9.17) is 19.3 Å². The smallest absolute Gasteiger partial charge is 0.262 e. The second-order valence-electron chi connectivity index (χ2n) is 8.58. The lowest BCUT2D eigenvalue weighted by atomic mass is 10.1. The van der Waals surface area contributed by atoms with E-state index in [1.54, 1.807) is 24.1 Å². The Labute approximate surface area is 214 Å². The van der Waals surface area contributed by atoms with Gasteiger partial charge in [0.1, 0.15) is 5.75 Å². The molecule has 0 saturated carbocycles. The lowest BCUT2D eigenvalue weighted by molar-refractivity contribution is -0.118. The molecular formula is C27H30N4O4S. The van der Waals surface area contributed by atoms with Crippen molar-refractivity contribution in [3.05, 3.63) is 64.8 Å². The van der Waals surface area contributed by atoms with Gasteiger partial charge in [-0.3, -0.25) is 9.79 Å². The third-order valence-corrected chi connectivity index (χ3v) is 6.27. The lowest BCUT2D eigenvalue weighted by Crippen LogP contribution is -2.25. The third-order valence-electron chi connectivity index (χ3n) is 5.41. The number of rotatable bonds is 10. The molecule has 0 atom stereocenters. The Hall–Kier alpha value is -3.85. The van der Waals surface area contributed by atoms with E-state index in [1.807, 2.05) is 41.8 Å². The first kappa shape index (κ1) is 25.2. The van der Waals surface area contributed by atoms with Gasteiger partial charge in [0.2, 0.25) is 4.80 Å². The lowest BCUT2D eigenvalue weighted by Gasteiger charge is -2.18. The summed E-state index contributed by atoms with van der Waals surface area (Å²) in [4.78, 5) is 17.1. The molecule has 0 unspecified atom stereocenters. The average Bonchev–Trinajstić information content (AvgIpc) is 3.28. The highest BCUT2D eigenvalue weighted by Crippen LogP contribution is 2.33. The minimum Gasteiger partial charge on any atom is -0.493 e. The summed E-state index contributed by atoms with van der Waals surface area (Å²) in [6, 6.07) is 11.4. The molecule has 188 valence electrons. The van der Waals surface area contributed by atoms with Crippen molar-refractivity contribution in [2.45, 2.75) is 20.3 Å². The van der Waals surface area contributed by atoms with E-state index in [0.29, 0.717) is 42.0 Å². The summed E-state index contributed by atoms with van der Waals surface area (Å²) in [6.07, 6.45) is 4.47. The average molecular weight is 507 g/mol. The van der Waals surface area contributed by atoms with E-state index < -0.39 is 0 Å². The maximum atomic E-state index is 11.8. The number of thiazole rings is 1. The highest BCUT2D eigenvalue weighted by Gasteiger charge is 2.18. The molecular weight excluding hydrogens is 476 g/mol. The van der Waals surface area contributed by atoms with Gasteiger partial charge in [-0.2, -0.15) is 5.10 Å². The summed E-state index contributed by atoms with van der Waals surface area (Å²) in [5, 5.41) is 9.58. The van der Waals surface area contributed by atoms with Crippen LogP contribution in [0.4, 0.5) is 5.69 Å². The Balaban J connectivity index is 1.66. The summed E-state index contributed by atoms with van der Waals surface area (Å²) in [6.45, 7) is 9.22. The molecule has 3 aromatic rings. The molecule has 0 saturated heterocycles. The number of benzene rings is 2. The van der Waals surface area contributed by atoms with E-state index in [9.17, 15) is 4.79 Å². The van der Waals surface area contributed by atoms with Gasteiger partial charge in [-0.1, -0.05) is 19.9 Å². The molecule has 0 aliphatic carbocycles. The van der Waals surface area contributed by atoms with Crippen molar-refractivity contribution in [2.75, 3.05) is 32.2 Å². The number of anilines is 1. The zero-order valence-corrected chi connectivity index (χ0v) is 21.5. The van der Waals surface area contributed by atoms with Gasteiger partial charge < -0.3 is 19.5 Å². The molecule has 0 radical (unpaired) electrons. The van der Waals surface area contributed by atoms with Gasteiger partial charge >= 0.3 is 0 Å². The van der Waals surface area contributed by atoms with Gasteiger partial charge in [0.05, 0.1) is 37.9 Å². The predicted octanol–water partition coefficient (Wildman–Crippen LogP) is 4.95. The number of carbonyl (C=O) groups is 1. The van der Waals surface area contributed by atoms with Crippen LogP contribution in [0.3, 0.4) is 0 Å². The van der Waals surface area contributed by atoms with E-state index in [-0.39, 0.29) is 12.5 Å². The Kier molecular flexibility index (Phi) is 8.22. The van der Waals surface area contributed by atoms with Crippen LogP contribution in [0.1, 0.15) is 25.8 Å². The number of fused-ring (bicyclic) bond motifs is 1. The highest BCUT2D eigenvalue weighted by molar-refractivity contribution is 7.07. The predicted molar refractivity (Wildman–Crippen MR) is 143 cm³/mol. The number of nitrogens with one attached hydrogen (secondary N) is 1. The second-order valence-corrected chi connectivity index (χ2v) is 9.41. The summed E-state index contributed by atoms with van der Waals surface area (Å²) in [5.41, 5.74) is 3.20. The zero-order valence-electron chi connectivity index (χ0n) is 20.7. The number of hydrogen-bond acceptors (Lipinski definition) is 7. The highest BCUT2D eigenvalue weighted by atomic mass is 32.1. The van der Waals surface area contributed by atoms with Crippen LogP contribution >= 0.6 is 11.3 Å². The van der Waals surface area contributed by atoms with Crippen molar-refractivity contribution in [1.29, 1.82) is 0 Å². The van der Waals surface area contributed by atoms with Crippen LogP contribution in [0.5, 0.6) is 17.2 Å². The fourth-order valence-corrected chi connectivity index (χ4v) is 4.36. The van der Waals surface area contributed by atoms with Crippen LogP contribution < -0.4 is 24.3 Å². The molecule has 0 spiro atoms. The molecule has 0 bridgehead atoms. The number of amides is 1.